The highest BCUT2D eigenvalue weighted by Gasteiger charge is 2.11. The molecule has 0 spiro atoms. The zero-order valence-electron chi connectivity index (χ0n) is 11.8. The number of aryl methyl sites for hydroxylation is 1. The number of nitrogens with two attached hydrogens (primary N) is 1. The van der Waals surface area contributed by atoms with Crippen molar-refractivity contribution in [3.63, 3.8) is 0 Å². The zero-order chi connectivity index (χ0) is 14.3. The van der Waals surface area contributed by atoms with Crippen molar-refractivity contribution < 1.29 is 4.79 Å². The topological polar surface area (TPSA) is 46.3 Å². The average molecular weight is 283 g/mol. The maximum atomic E-state index is 12.0. The Bertz CT molecular complexity index is 421. The lowest BCUT2D eigenvalue weighted by Crippen LogP contribution is -2.25. The lowest BCUT2D eigenvalue weighted by molar-refractivity contribution is -0.118. The lowest BCUT2D eigenvalue weighted by atomic mass is 10.1. The minimum Gasteiger partial charge on any atom is -0.330 e. The van der Waals surface area contributed by atoms with Crippen LogP contribution in [0.25, 0.3) is 0 Å². The molecular weight excluding hydrogens is 260 g/mol. The van der Waals surface area contributed by atoms with Gasteiger partial charge in [0.2, 0.25) is 5.91 Å². The molecule has 0 heterocycles. The first-order chi connectivity index (χ1) is 9.06. The minimum atomic E-state index is 0.132. The van der Waals surface area contributed by atoms with E-state index in [0.29, 0.717) is 11.4 Å². The van der Waals surface area contributed by atoms with Crippen molar-refractivity contribution in [3.05, 3.63) is 28.8 Å². The molecule has 0 atom stereocenters. The van der Waals surface area contributed by atoms with Crippen LogP contribution in [0.2, 0.25) is 5.02 Å². The molecule has 0 fully saturated rings. The maximum Gasteiger partial charge on any atom is 0.226 e. The van der Waals surface area contributed by atoms with Crippen LogP contribution in [0.5, 0.6) is 0 Å². The van der Waals surface area contributed by atoms with Gasteiger partial charge in [0.15, 0.2) is 0 Å². The fourth-order valence-corrected chi connectivity index (χ4v) is 2.05. The van der Waals surface area contributed by atoms with Gasteiger partial charge in [-0.15, -0.1) is 0 Å². The summed E-state index contributed by atoms with van der Waals surface area (Å²) in [6.45, 7) is 2.68. The monoisotopic (exact) mass is 282 g/mol. The molecule has 0 aliphatic rings. The number of hydrogen-bond donors (Lipinski definition) is 1. The van der Waals surface area contributed by atoms with E-state index in [4.69, 9.17) is 17.3 Å². The van der Waals surface area contributed by atoms with Crippen LogP contribution in [-0.4, -0.2) is 19.5 Å². The average Bonchev–Trinajstić information content (AvgIpc) is 2.40. The summed E-state index contributed by atoms with van der Waals surface area (Å²) >= 11 is 6.07. The summed E-state index contributed by atoms with van der Waals surface area (Å²) < 4.78 is 0. The number of amides is 1. The molecule has 0 aromatic heterocycles. The Morgan fingerprint density at radius 1 is 1.26 bits per heavy atom. The Morgan fingerprint density at radius 2 is 1.95 bits per heavy atom. The molecule has 0 aliphatic carbocycles. The van der Waals surface area contributed by atoms with Gasteiger partial charge in [0.25, 0.3) is 0 Å². The first-order valence-corrected chi connectivity index (χ1v) is 7.17. The molecule has 0 unspecified atom stereocenters. The SMILES string of the molecule is Cc1ccc(N(C)C(=O)CCCCCCN)cc1Cl. The first-order valence-electron chi connectivity index (χ1n) is 6.79. The second-order valence-corrected chi connectivity index (χ2v) is 5.25. The molecular formula is C15H23ClN2O. The van der Waals surface area contributed by atoms with Crippen LogP contribution in [0.15, 0.2) is 18.2 Å². The minimum absolute atomic E-state index is 0.132. The summed E-state index contributed by atoms with van der Waals surface area (Å²) in [5.41, 5.74) is 7.30. The van der Waals surface area contributed by atoms with Gasteiger partial charge in [-0.2, -0.15) is 0 Å². The number of unbranched alkanes of at least 4 members (excludes halogenated alkanes) is 3. The number of benzene rings is 1. The molecule has 0 saturated heterocycles. The molecule has 4 heteroatoms. The van der Waals surface area contributed by atoms with Gasteiger partial charge in [-0.1, -0.05) is 30.5 Å². The largest absolute Gasteiger partial charge is 0.330 e. The number of halogens is 1. The quantitative estimate of drug-likeness (QED) is 0.778. The highest BCUT2D eigenvalue weighted by molar-refractivity contribution is 6.31. The molecule has 2 N–H and O–H groups in total. The predicted octanol–water partition coefficient (Wildman–Crippen LogP) is 3.52. The van der Waals surface area contributed by atoms with E-state index in [-0.39, 0.29) is 5.91 Å². The number of anilines is 1. The fraction of sp³-hybridized carbons (Fsp3) is 0.533. The Balaban J connectivity index is 2.45. The second kappa shape index (κ2) is 8.18. The molecule has 1 aromatic carbocycles. The van der Waals surface area contributed by atoms with Crippen molar-refractivity contribution in [1.29, 1.82) is 0 Å². The van der Waals surface area contributed by atoms with Crippen LogP contribution in [0.1, 0.15) is 37.7 Å². The Labute approximate surface area is 120 Å². The predicted molar refractivity (Wildman–Crippen MR) is 81.7 cm³/mol. The number of rotatable bonds is 7. The Morgan fingerprint density at radius 3 is 2.58 bits per heavy atom. The van der Waals surface area contributed by atoms with Crippen molar-refractivity contribution in [3.8, 4) is 0 Å². The van der Waals surface area contributed by atoms with Crippen LogP contribution in [0.4, 0.5) is 5.69 Å². The molecule has 0 bridgehead atoms. The molecule has 19 heavy (non-hydrogen) atoms. The van der Waals surface area contributed by atoms with Crippen molar-refractivity contribution in [1.82, 2.24) is 0 Å². The summed E-state index contributed by atoms with van der Waals surface area (Å²) in [6.07, 6.45) is 4.70. The normalized spacial score (nSPS) is 10.5. The van der Waals surface area contributed by atoms with Crippen LogP contribution in [-0.2, 0) is 4.79 Å². The summed E-state index contributed by atoms with van der Waals surface area (Å²) in [6, 6.07) is 5.69. The molecule has 1 rings (SSSR count). The number of nitrogens with zero attached hydrogens (tertiary/aromatic N) is 1. The molecule has 106 valence electrons. The smallest absolute Gasteiger partial charge is 0.226 e. The van der Waals surface area contributed by atoms with E-state index in [9.17, 15) is 4.79 Å². The van der Waals surface area contributed by atoms with Gasteiger partial charge in [0.1, 0.15) is 0 Å². The fourth-order valence-electron chi connectivity index (χ4n) is 1.88. The van der Waals surface area contributed by atoms with Gasteiger partial charge in [-0.3, -0.25) is 4.79 Å². The van der Waals surface area contributed by atoms with Gasteiger partial charge in [-0.25, -0.2) is 0 Å². The zero-order valence-corrected chi connectivity index (χ0v) is 12.5. The van der Waals surface area contributed by atoms with E-state index in [1.165, 1.54) is 0 Å². The second-order valence-electron chi connectivity index (χ2n) is 4.84. The summed E-state index contributed by atoms with van der Waals surface area (Å²) in [4.78, 5) is 13.7. The Kier molecular flexibility index (Phi) is 6.89. The van der Waals surface area contributed by atoms with E-state index in [0.717, 1.165) is 43.5 Å². The highest BCUT2D eigenvalue weighted by atomic mass is 35.5. The summed E-state index contributed by atoms with van der Waals surface area (Å²) in [5.74, 6) is 0.132. The number of hydrogen-bond acceptors (Lipinski definition) is 2. The first kappa shape index (κ1) is 16.0. The summed E-state index contributed by atoms with van der Waals surface area (Å²) in [5, 5.41) is 0.695. The third-order valence-corrected chi connectivity index (χ3v) is 3.67. The Hall–Kier alpha value is -1.06. The molecule has 1 aromatic rings. The van der Waals surface area contributed by atoms with E-state index in [1.807, 2.05) is 25.1 Å². The number of carbonyl (C=O) groups excluding carboxylic acids is 1. The molecule has 1 amide bonds. The van der Waals surface area contributed by atoms with Gasteiger partial charge >= 0.3 is 0 Å². The lowest BCUT2D eigenvalue weighted by Gasteiger charge is -2.18. The van der Waals surface area contributed by atoms with Crippen LogP contribution >= 0.6 is 11.6 Å². The third kappa shape index (κ3) is 5.21. The molecule has 0 saturated carbocycles. The van der Waals surface area contributed by atoms with Crippen molar-refractivity contribution in [2.75, 3.05) is 18.5 Å². The van der Waals surface area contributed by atoms with E-state index in [2.05, 4.69) is 0 Å². The van der Waals surface area contributed by atoms with Crippen molar-refractivity contribution >= 4 is 23.2 Å². The van der Waals surface area contributed by atoms with Gasteiger partial charge < -0.3 is 10.6 Å². The van der Waals surface area contributed by atoms with Crippen LogP contribution in [0.3, 0.4) is 0 Å². The standard InChI is InChI=1S/C15H23ClN2O/c1-12-8-9-13(11-14(12)16)18(2)15(19)7-5-3-4-6-10-17/h8-9,11H,3-7,10,17H2,1-2H3. The third-order valence-electron chi connectivity index (χ3n) is 3.26. The van der Waals surface area contributed by atoms with Gasteiger partial charge in [-0.05, 0) is 44.0 Å². The summed E-state index contributed by atoms with van der Waals surface area (Å²) in [7, 11) is 1.79. The maximum absolute atomic E-state index is 12.0. The highest BCUT2D eigenvalue weighted by Crippen LogP contribution is 2.23. The van der Waals surface area contributed by atoms with Crippen molar-refractivity contribution in [2.24, 2.45) is 5.73 Å². The van der Waals surface area contributed by atoms with Crippen LogP contribution in [0, 0.1) is 6.92 Å². The van der Waals surface area contributed by atoms with E-state index >= 15 is 0 Å². The molecule has 0 radical (unpaired) electrons. The number of carbonyl (C=O) groups is 1. The molecule has 3 nitrogen and oxygen atoms in total. The van der Waals surface area contributed by atoms with Gasteiger partial charge in [0, 0.05) is 24.2 Å². The molecule has 0 aliphatic heterocycles. The van der Waals surface area contributed by atoms with E-state index in [1.54, 1.807) is 11.9 Å². The van der Waals surface area contributed by atoms with Gasteiger partial charge in [0.05, 0.1) is 0 Å². The van der Waals surface area contributed by atoms with Crippen molar-refractivity contribution in [2.45, 2.75) is 39.0 Å². The van der Waals surface area contributed by atoms with Crippen LogP contribution < -0.4 is 10.6 Å². The van der Waals surface area contributed by atoms with E-state index < -0.39 is 0 Å².